The summed E-state index contributed by atoms with van der Waals surface area (Å²) in [6, 6.07) is 0.139. The van der Waals surface area contributed by atoms with E-state index in [4.69, 9.17) is 5.11 Å². The van der Waals surface area contributed by atoms with E-state index in [9.17, 15) is 4.79 Å². The van der Waals surface area contributed by atoms with Crippen molar-refractivity contribution in [2.45, 2.75) is 51.7 Å². The molecule has 0 saturated carbocycles. The molecule has 1 amide bonds. The number of amides is 1. The van der Waals surface area contributed by atoms with Crippen LogP contribution in [0.4, 0.5) is 0 Å². The van der Waals surface area contributed by atoms with Gasteiger partial charge in [-0.1, -0.05) is 12.1 Å². The van der Waals surface area contributed by atoms with Crippen LogP contribution in [0, 0.1) is 5.92 Å². The molecule has 0 spiro atoms. The molecule has 0 bridgehead atoms. The fraction of sp³-hybridized carbons (Fsp3) is 0.611. The van der Waals surface area contributed by atoms with Gasteiger partial charge in [-0.05, 0) is 43.6 Å². The van der Waals surface area contributed by atoms with E-state index in [1.54, 1.807) is 22.2 Å². The number of aliphatic hydroxyl groups is 1. The van der Waals surface area contributed by atoms with Crippen LogP contribution in [0.3, 0.4) is 0 Å². The van der Waals surface area contributed by atoms with Gasteiger partial charge in [-0.2, -0.15) is 0 Å². The molecule has 25 heavy (non-hydrogen) atoms. The molecule has 4 rings (SSSR count). The number of rotatable bonds is 3. The van der Waals surface area contributed by atoms with E-state index >= 15 is 0 Å². The van der Waals surface area contributed by atoms with Gasteiger partial charge in [0.2, 0.25) is 0 Å². The minimum Gasteiger partial charge on any atom is -0.390 e. The number of thiophene rings is 1. The smallest absolute Gasteiger partial charge is 0.255 e. The SMILES string of the molecule is CC1CCc2c(C(=O)N3CCCC(n4cc(CO)nn4)C3)csc2C1. The van der Waals surface area contributed by atoms with E-state index in [2.05, 4.69) is 22.6 Å². The fourth-order valence-corrected chi connectivity index (χ4v) is 5.18. The lowest BCUT2D eigenvalue weighted by Crippen LogP contribution is -2.41. The first-order valence-electron chi connectivity index (χ1n) is 9.05. The number of fused-ring (bicyclic) bond motifs is 1. The third-order valence-electron chi connectivity index (χ3n) is 5.41. The maximum absolute atomic E-state index is 13.1. The van der Waals surface area contributed by atoms with Crippen molar-refractivity contribution in [1.29, 1.82) is 0 Å². The van der Waals surface area contributed by atoms with E-state index in [0.717, 1.165) is 43.7 Å². The molecule has 6 nitrogen and oxygen atoms in total. The normalized spacial score (nSPS) is 23.5. The van der Waals surface area contributed by atoms with Gasteiger partial charge in [0.15, 0.2) is 0 Å². The second kappa shape index (κ2) is 6.88. The first kappa shape index (κ1) is 16.7. The van der Waals surface area contributed by atoms with E-state index < -0.39 is 0 Å². The predicted molar refractivity (Wildman–Crippen MR) is 95.6 cm³/mol. The van der Waals surface area contributed by atoms with Crippen molar-refractivity contribution in [2.75, 3.05) is 13.1 Å². The summed E-state index contributed by atoms with van der Waals surface area (Å²) in [7, 11) is 0. The van der Waals surface area contributed by atoms with Gasteiger partial charge in [-0.25, -0.2) is 4.68 Å². The average molecular weight is 360 g/mol. The second-order valence-electron chi connectivity index (χ2n) is 7.29. The van der Waals surface area contributed by atoms with Gasteiger partial charge in [-0.3, -0.25) is 4.79 Å². The summed E-state index contributed by atoms with van der Waals surface area (Å²) < 4.78 is 1.80. The standard InChI is InChI=1S/C18H24N4O2S/c1-12-4-5-15-16(11-25-17(15)7-12)18(24)21-6-2-3-14(9-21)22-8-13(10-23)19-20-22/h8,11-12,14,23H,2-7,9-10H2,1H3. The van der Waals surface area contributed by atoms with Crippen LogP contribution in [0.15, 0.2) is 11.6 Å². The molecular weight excluding hydrogens is 336 g/mol. The zero-order chi connectivity index (χ0) is 17.4. The van der Waals surface area contributed by atoms with Crippen molar-refractivity contribution in [2.24, 2.45) is 5.92 Å². The van der Waals surface area contributed by atoms with Gasteiger partial charge in [0.25, 0.3) is 5.91 Å². The third kappa shape index (κ3) is 3.22. The van der Waals surface area contributed by atoms with Crippen LogP contribution in [-0.4, -0.2) is 44.0 Å². The second-order valence-corrected chi connectivity index (χ2v) is 8.26. The molecule has 134 valence electrons. The monoisotopic (exact) mass is 360 g/mol. The molecule has 7 heteroatoms. The zero-order valence-corrected chi connectivity index (χ0v) is 15.3. The summed E-state index contributed by atoms with van der Waals surface area (Å²) in [6.45, 7) is 3.65. The van der Waals surface area contributed by atoms with Gasteiger partial charge < -0.3 is 10.0 Å². The van der Waals surface area contributed by atoms with Gasteiger partial charge in [-0.15, -0.1) is 16.4 Å². The van der Waals surface area contributed by atoms with Crippen LogP contribution < -0.4 is 0 Å². The highest BCUT2D eigenvalue weighted by atomic mass is 32.1. The predicted octanol–water partition coefficient (Wildman–Crippen LogP) is 2.43. The number of likely N-dealkylation sites (tertiary alicyclic amines) is 1. The molecular formula is C18H24N4O2S. The molecule has 0 aromatic carbocycles. The Kier molecular flexibility index (Phi) is 4.60. The quantitative estimate of drug-likeness (QED) is 0.913. The van der Waals surface area contributed by atoms with Gasteiger partial charge >= 0.3 is 0 Å². The molecule has 3 heterocycles. The molecule has 2 aromatic heterocycles. The molecule has 1 aliphatic heterocycles. The maximum Gasteiger partial charge on any atom is 0.255 e. The molecule has 0 radical (unpaired) electrons. The van der Waals surface area contributed by atoms with Gasteiger partial charge in [0.1, 0.15) is 5.69 Å². The molecule has 2 atom stereocenters. The summed E-state index contributed by atoms with van der Waals surface area (Å²) in [5.74, 6) is 0.890. The van der Waals surface area contributed by atoms with Crippen molar-refractivity contribution >= 4 is 17.2 Å². The van der Waals surface area contributed by atoms with E-state index in [0.29, 0.717) is 12.2 Å². The highest BCUT2D eigenvalue weighted by Gasteiger charge is 2.30. The van der Waals surface area contributed by atoms with Crippen LogP contribution in [-0.2, 0) is 19.4 Å². The summed E-state index contributed by atoms with van der Waals surface area (Å²) in [6.07, 6.45) is 7.05. The van der Waals surface area contributed by atoms with Crippen molar-refractivity contribution in [3.05, 3.63) is 33.3 Å². The van der Waals surface area contributed by atoms with Crippen molar-refractivity contribution in [1.82, 2.24) is 19.9 Å². The molecule has 1 saturated heterocycles. The minimum atomic E-state index is -0.102. The highest BCUT2D eigenvalue weighted by molar-refractivity contribution is 7.10. The Hall–Kier alpha value is -1.73. The lowest BCUT2D eigenvalue weighted by Gasteiger charge is -2.33. The summed E-state index contributed by atoms with van der Waals surface area (Å²) in [5, 5.41) is 19.3. The highest BCUT2D eigenvalue weighted by Crippen LogP contribution is 2.34. The largest absolute Gasteiger partial charge is 0.390 e. The van der Waals surface area contributed by atoms with Crippen LogP contribution in [0.1, 0.15) is 58.7 Å². The molecule has 1 aliphatic carbocycles. The summed E-state index contributed by atoms with van der Waals surface area (Å²) >= 11 is 1.75. The lowest BCUT2D eigenvalue weighted by atomic mass is 9.88. The number of carbonyl (C=O) groups excluding carboxylic acids is 1. The Balaban J connectivity index is 1.50. The van der Waals surface area contributed by atoms with Crippen LogP contribution in [0.2, 0.25) is 0 Å². The van der Waals surface area contributed by atoms with Crippen LogP contribution in [0.5, 0.6) is 0 Å². The van der Waals surface area contributed by atoms with Crippen LogP contribution >= 0.6 is 11.3 Å². The molecule has 2 aliphatic rings. The first-order valence-corrected chi connectivity index (χ1v) is 9.93. The first-order chi connectivity index (χ1) is 12.2. The Morgan fingerprint density at radius 1 is 1.44 bits per heavy atom. The number of aromatic nitrogens is 3. The van der Waals surface area contributed by atoms with Crippen molar-refractivity contribution in [3.8, 4) is 0 Å². The number of piperidine rings is 1. The number of aliphatic hydroxyl groups excluding tert-OH is 1. The number of hydrogen-bond donors (Lipinski definition) is 1. The maximum atomic E-state index is 13.1. The number of carbonyl (C=O) groups is 1. The Bertz CT molecular complexity index is 769. The fourth-order valence-electron chi connectivity index (χ4n) is 3.95. The van der Waals surface area contributed by atoms with Crippen molar-refractivity contribution in [3.63, 3.8) is 0 Å². The van der Waals surface area contributed by atoms with E-state index in [-0.39, 0.29) is 18.6 Å². The molecule has 2 unspecified atom stereocenters. The lowest BCUT2D eigenvalue weighted by molar-refractivity contribution is 0.0671. The third-order valence-corrected chi connectivity index (χ3v) is 6.46. The number of nitrogens with zero attached hydrogens (tertiary/aromatic N) is 4. The zero-order valence-electron chi connectivity index (χ0n) is 14.5. The van der Waals surface area contributed by atoms with Crippen LogP contribution in [0.25, 0.3) is 0 Å². The Morgan fingerprint density at radius 2 is 2.32 bits per heavy atom. The van der Waals surface area contributed by atoms with E-state index in [1.165, 1.54) is 16.9 Å². The topological polar surface area (TPSA) is 71.2 Å². The average Bonchev–Trinajstić information content (AvgIpc) is 3.27. The summed E-state index contributed by atoms with van der Waals surface area (Å²) in [5.41, 5.74) is 2.78. The number of hydrogen-bond acceptors (Lipinski definition) is 5. The summed E-state index contributed by atoms with van der Waals surface area (Å²) in [4.78, 5) is 16.5. The minimum absolute atomic E-state index is 0.102. The van der Waals surface area contributed by atoms with Gasteiger partial charge in [0.05, 0.1) is 24.4 Å². The van der Waals surface area contributed by atoms with Crippen molar-refractivity contribution < 1.29 is 9.90 Å². The van der Waals surface area contributed by atoms with E-state index in [1.807, 2.05) is 4.90 Å². The molecule has 1 fully saturated rings. The Morgan fingerprint density at radius 3 is 3.12 bits per heavy atom. The molecule has 1 N–H and O–H groups in total. The Labute approximate surface area is 151 Å². The molecule has 2 aromatic rings. The van der Waals surface area contributed by atoms with Gasteiger partial charge in [0, 0.05) is 23.3 Å².